The van der Waals surface area contributed by atoms with E-state index in [2.05, 4.69) is 77.1 Å². The molecule has 12 aliphatic carbocycles. The first-order chi connectivity index (χ1) is 26.0. The average Bonchev–Trinajstić information content (AvgIpc) is 3.81. The molecule has 2 atom stereocenters. The van der Waals surface area contributed by atoms with Gasteiger partial charge in [0.1, 0.15) is 0 Å². The van der Waals surface area contributed by atoms with E-state index in [4.69, 9.17) is 0 Å². The van der Waals surface area contributed by atoms with E-state index >= 15 is 0 Å². The van der Waals surface area contributed by atoms with Crippen LogP contribution in [-0.4, -0.2) is 0 Å². The van der Waals surface area contributed by atoms with Crippen LogP contribution in [-0.2, 0) is 37.0 Å². The van der Waals surface area contributed by atoms with E-state index in [1.54, 1.807) is 39.0 Å². The van der Waals surface area contributed by atoms with Crippen molar-refractivity contribution in [3.8, 4) is 11.1 Å². The average molecular weight is 881 g/mol. The molecule has 0 aromatic heterocycles. The molecule has 9 fully saturated rings. The number of rotatable bonds is 5. The summed E-state index contributed by atoms with van der Waals surface area (Å²) in [6.45, 7) is 12.8. The molecule has 3 heteroatoms. The van der Waals surface area contributed by atoms with E-state index in [0.29, 0.717) is 22.7 Å². The van der Waals surface area contributed by atoms with E-state index in [0.717, 1.165) is 47.3 Å². The molecule has 8 bridgehead atoms. The van der Waals surface area contributed by atoms with Gasteiger partial charge in [-0.3, -0.25) is 0 Å². The Morgan fingerprint density at radius 2 is 1.04 bits per heavy atom. The van der Waals surface area contributed by atoms with Gasteiger partial charge >= 0.3 is 26.2 Å². The molecule has 0 amide bonds. The second kappa shape index (κ2) is 14.5. The minimum atomic E-state index is 0. The van der Waals surface area contributed by atoms with Gasteiger partial charge in [0.25, 0.3) is 0 Å². The SMILES string of the molecule is CC(C)C1(C2c3ccc(C45CC6CC(CC(C6)C4)C5)cc3-c3cc(C45CC6CC(CC(C6)C4)C5)ccc32)CC(C2CCCCC2)C2=C1C=C(C(C)(C)C)C2.[Cl-].[Cl-].[Zr+2]. The molecule has 12 aliphatic rings. The Labute approximate surface area is 378 Å². The molecular weight excluding hydrogens is 811 g/mol. The zero-order valence-electron chi connectivity index (χ0n) is 36.0. The van der Waals surface area contributed by atoms with Crippen molar-refractivity contribution in [2.24, 2.45) is 64.1 Å². The van der Waals surface area contributed by atoms with E-state index in [1.165, 1.54) is 122 Å². The van der Waals surface area contributed by atoms with Gasteiger partial charge in [0, 0.05) is 11.3 Å². The Bertz CT molecular complexity index is 1800. The third-order valence-corrected chi connectivity index (χ3v) is 19.6. The fourth-order valence-corrected chi connectivity index (χ4v) is 18.0. The fourth-order valence-electron chi connectivity index (χ4n) is 18.0. The summed E-state index contributed by atoms with van der Waals surface area (Å²) in [5, 5.41) is 0. The molecule has 2 aromatic carbocycles. The first kappa shape index (κ1) is 41.7. The third kappa shape index (κ3) is 6.14. The molecule has 0 nitrogen and oxygen atoms in total. The normalized spacial score (nSPS) is 40.7. The van der Waals surface area contributed by atoms with Gasteiger partial charge in [-0.15, -0.1) is 0 Å². The summed E-state index contributed by atoms with van der Waals surface area (Å²) in [4.78, 5) is 0. The van der Waals surface area contributed by atoms with Crippen molar-refractivity contribution < 1.29 is 51.0 Å². The van der Waals surface area contributed by atoms with Crippen molar-refractivity contribution in [1.29, 1.82) is 0 Å². The molecule has 9 saturated carbocycles. The second-order valence-electron chi connectivity index (χ2n) is 23.9. The number of halogens is 2. The maximum absolute atomic E-state index is 2.87. The van der Waals surface area contributed by atoms with Crippen LogP contribution in [0.1, 0.15) is 185 Å². The summed E-state index contributed by atoms with van der Waals surface area (Å²) in [6, 6.07) is 16.7. The van der Waals surface area contributed by atoms with Crippen molar-refractivity contribution in [2.75, 3.05) is 0 Å². The van der Waals surface area contributed by atoms with E-state index in [9.17, 15) is 0 Å². The maximum atomic E-state index is 2.87. The summed E-state index contributed by atoms with van der Waals surface area (Å²) in [5.74, 6) is 8.65. The zero-order chi connectivity index (χ0) is 36.4. The van der Waals surface area contributed by atoms with Crippen LogP contribution in [0.2, 0.25) is 0 Å². The van der Waals surface area contributed by atoms with Gasteiger partial charge < -0.3 is 24.8 Å². The van der Waals surface area contributed by atoms with Gasteiger partial charge in [-0.25, -0.2) is 0 Å². The van der Waals surface area contributed by atoms with E-state index in [-0.39, 0.29) is 61.8 Å². The predicted molar refractivity (Wildman–Crippen MR) is 225 cm³/mol. The van der Waals surface area contributed by atoms with Crippen LogP contribution in [0, 0.1) is 64.1 Å². The van der Waals surface area contributed by atoms with Gasteiger partial charge in [0.05, 0.1) is 0 Å². The van der Waals surface area contributed by atoms with E-state index < -0.39 is 0 Å². The second-order valence-corrected chi connectivity index (χ2v) is 23.9. The smallest absolute Gasteiger partial charge is 1.00 e. The molecule has 304 valence electrons. The Hall–Kier alpha value is -0.617. The summed E-state index contributed by atoms with van der Waals surface area (Å²) in [7, 11) is 0. The summed E-state index contributed by atoms with van der Waals surface area (Å²) < 4.78 is 0. The predicted octanol–water partition coefficient (Wildman–Crippen LogP) is 8.66. The Kier molecular flexibility index (Phi) is 10.6. The maximum Gasteiger partial charge on any atom is 2.00 e. The first-order valence-electron chi connectivity index (χ1n) is 23.7. The van der Waals surface area contributed by atoms with Crippen LogP contribution < -0.4 is 24.8 Å². The number of benzene rings is 2. The van der Waals surface area contributed by atoms with Crippen molar-refractivity contribution in [1.82, 2.24) is 0 Å². The molecule has 57 heavy (non-hydrogen) atoms. The zero-order valence-corrected chi connectivity index (χ0v) is 40.0. The van der Waals surface area contributed by atoms with Gasteiger partial charge in [-0.2, -0.15) is 0 Å². The standard InChI is InChI=1S/C54H70.2ClH.Zr/c1-32(2)54(31-48(39-9-7-6-8-10-39)47-23-42(24-49(47)54)51(3,4)5)50-43-13-11-40(52-25-33-15-34(26-52)17-35(16-33)27-52)21-45(43)46-22-41(12-14-44(46)50)53-28-36-18-37(29-53)20-38(19-36)30-53;;;/h11-14,21-22,24,32-39,48,50H,6-10,15-20,23,25-31H2,1-5H3;2*1H;/q;;;+2/p-2. The molecule has 2 aromatic rings. The Morgan fingerprint density at radius 1 is 0.596 bits per heavy atom. The van der Waals surface area contributed by atoms with Gasteiger partial charge in [0.15, 0.2) is 0 Å². The number of hydrogen-bond donors (Lipinski definition) is 0. The van der Waals surface area contributed by atoms with Gasteiger partial charge in [-0.1, -0.05) is 108 Å². The number of hydrogen-bond acceptors (Lipinski definition) is 0. The van der Waals surface area contributed by atoms with Gasteiger partial charge in [0.2, 0.25) is 0 Å². The van der Waals surface area contributed by atoms with Crippen molar-refractivity contribution >= 4 is 0 Å². The van der Waals surface area contributed by atoms with Gasteiger partial charge in [-0.05, 0) is 211 Å². The quantitative estimate of drug-likeness (QED) is 0.283. The van der Waals surface area contributed by atoms with E-state index in [1.807, 2.05) is 11.1 Å². The Morgan fingerprint density at radius 3 is 1.44 bits per heavy atom. The Balaban J connectivity index is 0.00000141. The van der Waals surface area contributed by atoms with Crippen molar-refractivity contribution in [3.05, 3.63) is 81.4 Å². The largest absolute Gasteiger partial charge is 2.00 e. The summed E-state index contributed by atoms with van der Waals surface area (Å²) in [6.07, 6.45) is 30.7. The molecule has 14 rings (SSSR count). The fraction of sp³-hybridized carbons (Fsp3) is 0.704. The minimum absolute atomic E-state index is 0. The van der Waals surface area contributed by atoms with Crippen LogP contribution in [0.15, 0.2) is 59.2 Å². The van der Waals surface area contributed by atoms with Crippen LogP contribution in [0.25, 0.3) is 11.1 Å². The summed E-state index contributed by atoms with van der Waals surface area (Å²) >= 11 is 0. The molecule has 0 N–H and O–H groups in total. The van der Waals surface area contributed by atoms with Crippen LogP contribution in [0.4, 0.5) is 0 Å². The van der Waals surface area contributed by atoms with Crippen molar-refractivity contribution in [3.63, 3.8) is 0 Å². The minimum Gasteiger partial charge on any atom is -1.00 e. The topological polar surface area (TPSA) is 0 Å². The molecule has 0 saturated heterocycles. The monoisotopic (exact) mass is 878 g/mol. The van der Waals surface area contributed by atoms with Crippen LogP contribution >= 0.6 is 0 Å². The van der Waals surface area contributed by atoms with Crippen LogP contribution in [0.5, 0.6) is 0 Å². The molecule has 0 spiro atoms. The van der Waals surface area contributed by atoms with Crippen LogP contribution in [0.3, 0.4) is 0 Å². The van der Waals surface area contributed by atoms with Crippen molar-refractivity contribution in [2.45, 2.75) is 173 Å². The first-order valence-corrected chi connectivity index (χ1v) is 23.7. The molecule has 0 heterocycles. The number of allylic oxidation sites excluding steroid dienone is 4. The number of fused-ring (bicyclic) bond motifs is 3. The molecule has 0 radical (unpaired) electrons. The third-order valence-electron chi connectivity index (χ3n) is 19.6. The molecule has 0 aliphatic heterocycles. The summed E-state index contributed by atoms with van der Waals surface area (Å²) in [5.41, 5.74) is 17.0. The molecular formula is C54H70Cl2Zr. The molecule has 2 unspecified atom stereocenters.